The second kappa shape index (κ2) is 6.04. The van der Waals surface area contributed by atoms with Gasteiger partial charge in [0, 0.05) is 21.6 Å². The molecule has 0 aliphatic carbocycles. The highest BCUT2D eigenvalue weighted by Crippen LogP contribution is 2.22. The number of carbonyl (C=O) groups is 1. The summed E-state index contributed by atoms with van der Waals surface area (Å²) in [7, 11) is 0. The maximum Gasteiger partial charge on any atom is 0.254 e. The van der Waals surface area contributed by atoms with Crippen molar-refractivity contribution < 1.29 is 9.53 Å². The van der Waals surface area contributed by atoms with Gasteiger partial charge in [0.1, 0.15) is 0 Å². The zero-order chi connectivity index (χ0) is 13.1. The lowest BCUT2D eigenvalue weighted by Crippen LogP contribution is -2.48. The van der Waals surface area contributed by atoms with Crippen molar-refractivity contribution in [1.82, 2.24) is 4.90 Å². The third-order valence-corrected chi connectivity index (χ3v) is 3.75. The summed E-state index contributed by atoms with van der Waals surface area (Å²) in [5.74, 6) is 0.0216. The van der Waals surface area contributed by atoms with E-state index in [-0.39, 0.29) is 11.9 Å². The first-order valence-electron chi connectivity index (χ1n) is 5.96. The Morgan fingerprint density at radius 1 is 1.56 bits per heavy atom. The second-order valence-electron chi connectivity index (χ2n) is 4.29. The van der Waals surface area contributed by atoms with Gasteiger partial charge in [0.25, 0.3) is 5.91 Å². The number of rotatable bonds is 2. The lowest BCUT2D eigenvalue weighted by atomic mass is 10.1. The van der Waals surface area contributed by atoms with Crippen molar-refractivity contribution in [2.45, 2.75) is 19.4 Å². The van der Waals surface area contributed by atoms with Gasteiger partial charge in [0.05, 0.1) is 19.3 Å². The molecule has 5 heteroatoms. The molecule has 1 aliphatic rings. The molecule has 1 amide bonds. The molecule has 1 aromatic rings. The molecule has 0 saturated carbocycles. The summed E-state index contributed by atoms with van der Waals surface area (Å²) in [6.45, 7) is 3.92. The maximum absolute atomic E-state index is 12.5. The zero-order valence-corrected chi connectivity index (χ0v) is 12.5. The number of hydrogen-bond acceptors (Lipinski definition) is 2. The van der Waals surface area contributed by atoms with Crippen molar-refractivity contribution in [3.8, 4) is 0 Å². The van der Waals surface area contributed by atoms with Gasteiger partial charge in [-0.15, -0.1) is 0 Å². The summed E-state index contributed by atoms with van der Waals surface area (Å²) >= 11 is 9.34. The maximum atomic E-state index is 12.5. The fourth-order valence-electron chi connectivity index (χ4n) is 2.10. The lowest BCUT2D eigenvalue weighted by molar-refractivity contribution is -0.00280. The Morgan fingerprint density at radius 2 is 2.33 bits per heavy atom. The minimum absolute atomic E-state index is 0.0216. The highest BCUT2D eigenvalue weighted by atomic mass is 79.9. The van der Waals surface area contributed by atoms with Crippen LogP contribution in [-0.2, 0) is 4.74 Å². The molecule has 98 valence electrons. The first kappa shape index (κ1) is 13.8. The normalized spacial score (nSPS) is 19.9. The van der Waals surface area contributed by atoms with Crippen LogP contribution in [0.2, 0.25) is 5.02 Å². The number of carbonyl (C=O) groups excluding carboxylic acids is 1. The average molecular weight is 333 g/mol. The van der Waals surface area contributed by atoms with Crippen LogP contribution in [0.1, 0.15) is 23.7 Å². The van der Waals surface area contributed by atoms with Crippen LogP contribution in [0.5, 0.6) is 0 Å². The van der Waals surface area contributed by atoms with E-state index in [0.29, 0.717) is 30.3 Å². The van der Waals surface area contributed by atoms with Gasteiger partial charge in [-0.1, -0.05) is 34.5 Å². The molecule has 0 bridgehead atoms. The van der Waals surface area contributed by atoms with Gasteiger partial charge in [-0.25, -0.2) is 0 Å². The molecule has 1 unspecified atom stereocenters. The smallest absolute Gasteiger partial charge is 0.254 e. The molecule has 1 aromatic carbocycles. The van der Waals surface area contributed by atoms with Crippen LogP contribution < -0.4 is 0 Å². The van der Waals surface area contributed by atoms with Gasteiger partial charge in [-0.2, -0.15) is 0 Å². The predicted molar refractivity (Wildman–Crippen MR) is 75.1 cm³/mol. The second-order valence-corrected chi connectivity index (χ2v) is 5.65. The van der Waals surface area contributed by atoms with Crippen molar-refractivity contribution in [3.05, 3.63) is 33.3 Å². The molecule has 2 rings (SSSR count). The van der Waals surface area contributed by atoms with Crippen molar-refractivity contribution in [2.24, 2.45) is 0 Å². The first-order chi connectivity index (χ1) is 8.61. The molecule has 1 aliphatic heterocycles. The molecule has 3 nitrogen and oxygen atoms in total. The number of nitrogens with zero attached hydrogens (tertiary/aromatic N) is 1. The summed E-state index contributed by atoms with van der Waals surface area (Å²) in [4.78, 5) is 14.3. The van der Waals surface area contributed by atoms with Crippen molar-refractivity contribution in [2.75, 3.05) is 19.8 Å². The fraction of sp³-hybridized carbons (Fsp3) is 0.462. The Bertz CT molecular complexity index is 432. The molecule has 1 saturated heterocycles. The third kappa shape index (κ3) is 3.05. The van der Waals surface area contributed by atoms with Gasteiger partial charge in [-0.05, 0) is 24.6 Å². The van der Waals surface area contributed by atoms with Crippen molar-refractivity contribution in [3.63, 3.8) is 0 Å². The molecule has 1 atom stereocenters. The lowest BCUT2D eigenvalue weighted by Gasteiger charge is -2.35. The molecule has 1 fully saturated rings. The number of ether oxygens (including phenoxy) is 1. The fourth-order valence-corrected chi connectivity index (χ4v) is 2.96. The molecule has 0 radical (unpaired) electrons. The Kier molecular flexibility index (Phi) is 4.65. The Labute approximate surface area is 120 Å². The SMILES string of the molecule is CCC1COCCN1C(=O)c1cc(Cl)cc(Br)c1. The predicted octanol–water partition coefficient (Wildman–Crippen LogP) is 3.35. The largest absolute Gasteiger partial charge is 0.377 e. The summed E-state index contributed by atoms with van der Waals surface area (Å²) < 4.78 is 6.23. The molecule has 0 N–H and O–H groups in total. The Morgan fingerprint density at radius 3 is 3.00 bits per heavy atom. The highest BCUT2D eigenvalue weighted by Gasteiger charge is 2.26. The Hall–Kier alpha value is -0.580. The number of amides is 1. The highest BCUT2D eigenvalue weighted by molar-refractivity contribution is 9.10. The quantitative estimate of drug-likeness (QED) is 0.831. The van der Waals surface area contributed by atoms with E-state index in [2.05, 4.69) is 22.9 Å². The number of morpholine rings is 1. The standard InChI is InChI=1S/C13H15BrClNO2/c1-2-12-8-18-4-3-16(12)13(17)9-5-10(14)7-11(15)6-9/h5-7,12H,2-4,8H2,1H3. The minimum atomic E-state index is 0.0216. The van der Waals surface area contributed by atoms with E-state index in [1.165, 1.54) is 0 Å². The van der Waals surface area contributed by atoms with E-state index in [1.54, 1.807) is 18.2 Å². The van der Waals surface area contributed by atoms with Gasteiger partial charge in [0.2, 0.25) is 0 Å². The summed E-state index contributed by atoms with van der Waals surface area (Å²) in [5, 5.41) is 0.564. The van der Waals surface area contributed by atoms with Crippen LogP contribution in [0.3, 0.4) is 0 Å². The van der Waals surface area contributed by atoms with E-state index in [1.807, 2.05) is 4.90 Å². The van der Waals surface area contributed by atoms with Crippen LogP contribution in [0.25, 0.3) is 0 Å². The van der Waals surface area contributed by atoms with Crippen LogP contribution in [-0.4, -0.2) is 36.6 Å². The average Bonchev–Trinajstić information content (AvgIpc) is 2.36. The zero-order valence-electron chi connectivity index (χ0n) is 10.2. The summed E-state index contributed by atoms with van der Waals surface area (Å²) in [5.41, 5.74) is 0.620. The van der Waals surface area contributed by atoms with Crippen LogP contribution in [0, 0.1) is 0 Å². The molecule has 0 aromatic heterocycles. The molecular formula is C13H15BrClNO2. The number of halogens is 2. The van der Waals surface area contributed by atoms with Gasteiger partial charge < -0.3 is 9.64 Å². The van der Waals surface area contributed by atoms with Crippen molar-refractivity contribution >= 4 is 33.4 Å². The van der Waals surface area contributed by atoms with E-state index >= 15 is 0 Å². The first-order valence-corrected chi connectivity index (χ1v) is 7.13. The topological polar surface area (TPSA) is 29.5 Å². The van der Waals surface area contributed by atoms with Gasteiger partial charge in [0.15, 0.2) is 0 Å². The summed E-state index contributed by atoms with van der Waals surface area (Å²) in [6, 6.07) is 5.44. The molecule has 0 spiro atoms. The van der Waals surface area contributed by atoms with Crippen LogP contribution in [0.4, 0.5) is 0 Å². The van der Waals surface area contributed by atoms with Crippen molar-refractivity contribution in [1.29, 1.82) is 0 Å². The number of hydrogen-bond donors (Lipinski definition) is 0. The van der Waals surface area contributed by atoms with E-state index in [9.17, 15) is 4.79 Å². The Balaban J connectivity index is 2.23. The van der Waals surface area contributed by atoms with Gasteiger partial charge >= 0.3 is 0 Å². The van der Waals surface area contributed by atoms with Gasteiger partial charge in [-0.3, -0.25) is 4.79 Å². The van der Waals surface area contributed by atoms with Crippen LogP contribution in [0.15, 0.2) is 22.7 Å². The van der Waals surface area contributed by atoms with Crippen LogP contribution >= 0.6 is 27.5 Å². The molecule has 18 heavy (non-hydrogen) atoms. The molecular weight excluding hydrogens is 318 g/mol. The third-order valence-electron chi connectivity index (χ3n) is 3.07. The van der Waals surface area contributed by atoms with E-state index in [4.69, 9.17) is 16.3 Å². The minimum Gasteiger partial charge on any atom is -0.377 e. The van der Waals surface area contributed by atoms with E-state index < -0.39 is 0 Å². The molecule has 1 heterocycles. The monoisotopic (exact) mass is 331 g/mol. The summed E-state index contributed by atoms with van der Waals surface area (Å²) in [6.07, 6.45) is 0.896. The number of benzene rings is 1. The van der Waals surface area contributed by atoms with E-state index in [0.717, 1.165) is 10.9 Å².